The average molecular weight is 360 g/mol. The van der Waals surface area contributed by atoms with Crippen LogP contribution < -0.4 is 15.4 Å². The van der Waals surface area contributed by atoms with Gasteiger partial charge in [0, 0.05) is 18.0 Å². The van der Waals surface area contributed by atoms with E-state index >= 15 is 0 Å². The predicted octanol–water partition coefficient (Wildman–Crippen LogP) is 2.40. The van der Waals surface area contributed by atoms with Gasteiger partial charge in [-0.05, 0) is 68.2 Å². The van der Waals surface area contributed by atoms with E-state index in [2.05, 4.69) is 10.6 Å². The van der Waals surface area contributed by atoms with Gasteiger partial charge in [-0.3, -0.25) is 9.59 Å². The quantitative estimate of drug-likeness (QED) is 0.866. The van der Waals surface area contributed by atoms with Crippen LogP contribution in [0.25, 0.3) is 0 Å². The number of piperidine rings is 1. The number of carbonyl (C=O) groups excluding carboxylic acids is 2. The second-order valence-electron chi connectivity index (χ2n) is 7.80. The summed E-state index contributed by atoms with van der Waals surface area (Å²) in [5.74, 6) is 1.47. The van der Waals surface area contributed by atoms with Crippen molar-refractivity contribution < 1.29 is 18.7 Å². The van der Waals surface area contributed by atoms with Gasteiger partial charge in [-0.1, -0.05) is 6.42 Å². The predicted molar refractivity (Wildman–Crippen MR) is 93.9 cm³/mol. The van der Waals surface area contributed by atoms with Gasteiger partial charge in [-0.2, -0.15) is 0 Å². The summed E-state index contributed by atoms with van der Waals surface area (Å²) in [4.78, 5) is 24.5. The van der Waals surface area contributed by atoms with Crippen molar-refractivity contribution in [2.75, 3.05) is 6.61 Å². The zero-order chi connectivity index (χ0) is 18.1. The molecule has 2 saturated carbocycles. The van der Waals surface area contributed by atoms with Gasteiger partial charge in [-0.25, -0.2) is 4.39 Å². The standard InChI is InChI=1S/C20H25FN2O3/c21-12-4-7-14(8-5-12)26-11-19(24)22-13-6-9-16-15-2-1-3-17(15)20(25)23-18(16)10-13/h4-5,7-8,13,15-18H,1-3,6,9-11H2,(H,22,24)(H,23,25). The van der Waals surface area contributed by atoms with Crippen LogP contribution in [0.3, 0.4) is 0 Å². The second-order valence-corrected chi connectivity index (χ2v) is 7.80. The third-order valence-electron chi connectivity index (χ3n) is 6.24. The summed E-state index contributed by atoms with van der Waals surface area (Å²) in [7, 11) is 0. The summed E-state index contributed by atoms with van der Waals surface area (Å²) in [6.45, 7) is -0.0900. The van der Waals surface area contributed by atoms with Crippen molar-refractivity contribution in [3.05, 3.63) is 30.1 Å². The van der Waals surface area contributed by atoms with Crippen LogP contribution in [0.15, 0.2) is 24.3 Å². The number of benzene rings is 1. The third-order valence-corrected chi connectivity index (χ3v) is 6.24. The van der Waals surface area contributed by atoms with Crippen LogP contribution >= 0.6 is 0 Å². The highest BCUT2D eigenvalue weighted by Gasteiger charge is 2.48. The molecule has 1 heterocycles. The number of ether oxygens (including phenoxy) is 1. The Kier molecular flexibility index (Phi) is 4.83. The largest absolute Gasteiger partial charge is 0.484 e. The van der Waals surface area contributed by atoms with Crippen molar-refractivity contribution in [3.8, 4) is 5.75 Å². The lowest BCUT2D eigenvalue weighted by Gasteiger charge is -2.45. The fourth-order valence-electron chi connectivity index (χ4n) is 5.07. The first-order valence-electron chi connectivity index (χ1n) is 9.58. The van der Waals surface area contributed by atoms with Crippen LogP contribution in [0.1, 0.15) is 38.5 Å². The van der Waals surface area contributed by atoms with E-state index < -0.39 is 0 Å². The first-order chi connectivity index (χ1) is 12.6. The molecule has 140 valence electrons. The van der Waals surface area contributed by atoms with E-state index in [1.807, 2.05) is 0 Å². The summed E-state index contributed by atoms with van der Waals surface area (Å²) in [6, 6.07) is 5.86. The van der Waals surface area contributed by atoms with Crippen LogP contribution in [-0.2, 0) is 9.59 Å². The highest BCUT2D eigenvalue weighted by Crippen LogP contribution is 2.45. The summed E-state index contributed by atoms with van der Waals surface area (Å²) < 4.78 is 18.3. The molecular formula is C20H25FN2O3. The number of halogens is 1. The SMILES string of the molecule is O=C(COc1ccc(F)cc1)NC1CCC2C(C1)NC(=O)C1CCCC12. The molecule has 0 aromatic heterocycles. The smallest absolute Gasteiger partial charge is 0.258 e. The monoisotopic (exact) mass is 360 g/mol. The molecule has 1 aliphatic heterocycles. The molecular weight excluding hydrogens is 335 g/mol. The molecule has 6 heteroatoms. The molecule has 5 atom stereocenters. The molecule has 1 saturated heterocycles. The molecule has 1 aromatic carbocycles. The summed E-state index contributed by atoms with van der Waals surface area (Å²) in [5.41, 5.74) is 0. The fraction of sp³-hybridized carbons (Fsp3) is 0.600. The molecule has 5 nitrogen and oxygen atoms in total. The minimum Gasteiger partial charge on any atom is -0.484 e. The molecule has 2 N–H and O–H groups in total. The Morgan fingerprint density at radius 1 is 1.15 bits per heavy atom. The maximum absolute atomic E-state index is 12.9. The van der Waals surface area contributed by atoms with E-state index in [0.29, 0.717) is 17.6 Å². The number of hydrogen-bond acceptors (Lipinski definition) is 3. The van der Waals surface area contributed by atoms with E-state index in [0.717, 1.165) is 32.1 Å². The highest BCUT2D eigenvalue weighted by atomic mass is 19.1. The molecule has 3 fully saturated rings. The number of rotatable bonds is 4. The lowest BCUT2D eigenvalue weighted by Crippen LogP contribution is -2.57. The maximum atomic E-state index is 12.9. The average Bonchev–Trinajstić information content (AvgIpc) is 3.12. The van der Waals surface area contributed by atoms with E-state index in [4.69, 9.17) is 4.74 Å². The Bertz CT molecular complexity index is 678. The van der Waals surface area contributed by atoms with Gasteiger partial charge in [0.15, 0.2) is 6.61 Å². The lowest BCUT2D eigenvalue weighted by atomic mass is 9.68. The zero-order valence-corrected chi connectivity index (χ0v) is 14.7. The number of hydrogen-bond donors (Lipinski definition) is 2. The zero-order valence-electron chi connectivity index (χ0n) is 14.7. The van der Waals surface area contributed by atoms with Crippen molar-refractivity contribution >= 4 is 11.8 Å². The van der Waals surface area contributed by atoms with Gasteiger partial charge in [0.25, 0.3) is 5.91 Å². The first-order valence-corrected chi connectivity index (χ1v) is 9.58. The van der Waals surface area contributed by atoms with Gasteiger partial charge in [-0.15, -0.1) is 0 Å². The summed E-state index contributed by atoms with van der Waals surface area (Å²) in [6.07, 6.45) is 6.15. The maximum Gasteiger partial charge on any atom is 0.258 e. The van der Waals surface area contributed by atoms with Gasteiger partial charge in [0.1, 0.15) is 11.6 Å². The van der Waals surface area contributed by atoms with Gasteiger partial charge in [0.2, 0.25) is 5.91 Å². The van der Waals surface area contributed by atoms with Crippen LogP contribution in [0.5, 0.6) is 5.75 Å². The first kappa shape index (κ1) is 17.3. The van der Waals surface area contributed by atoms with E-state index in [9.17, 15) is 14.0 Å². The van der Waals surface area contributed by atoms with Crippen LogP contribution in [-0.4, -0.2) is 30.5 Å². The molecule has 2 aliphatic carbocycles. The van der Waals surface area contributed by atoms with Crippen molar-refractivity contribution in [1.29, 1.82) is 0 Å². The minimum atomic E-state index is -0.336. The summed E-state index contributed by atoms with van der Waals surface area (Å²) in [5, 5.41) is 6.22. The van der Waals surface area contributed by atoms with Gasteiger partial charge in [0.05, 0.1) is 0 Å². The molecule has 26 heavy (non-hydrogen) atoms. The molecule has 1 aromatic rings. The molecule has 5 unspecified atom stereocenters. The van der Waals surface area contributed by atoms with Crippen molar-refractivity contribution in [1.82, 2.24) is 10.6 Å². The highest BCUT2D eigenvalue weighted by molar-refractivity contribution is 5.81. The van der Waals surface area contributed by atoms with Crippen LogP contribution in [0.4, 0.5) is 4.39 Å². The molecule has 2 amide bonds. The number of fused-ring (bicyclic) bond motifs is 3. The Morgan fingerprint density at radius 2 is 1.96 bits per heavy atom. The Morgan fingerprint density at radius 3 is 2.77 bits per heavy atom. The van der Waals surface area contributed by atoms with Crippen molar-refractivity contribution in [3.63, 3.8) is 0 Å². The topological polar surface area (TPSA) is 67.4 Å². The normalized spacial score (nSPS) is 33.0. The van der Waals surface area contributed by atoms with E-state index in [1.54, 1.807) is 0 Å². The minimum absolute atomic E-state index is 0.0684. The second kappa shape index (κ2) is 7.25. The van der Waals surface area contributed by atoms with E-state index in [1.165, 1.54) is 30.7 Å². The Labute approximate surface area is 152 Å². The molecule has 0 bridgehead atoms. The van der Waals surface area contributed by atoms with Gasteiger partial charge < -0.3 is 15.4 Å². The Balaban J connectivity index is 1.28. The van der Waals surface area contributed by atoms with Crippen molar-refractivity contribution in [2.24, 2.45) is 17.8 Å². The molecule has 0 spiro atoms. The van der Waals surface area contributed by atoms with Crippen LogP contribution in [0.2, 0.25) is 0 Å². The molecule has 4 rings (SSSR count). The molecule has 3 aliphatic rings. The third kappa shape index (κ3) is 3.55. The number of carbonyl (C=O) groups is 2. The fourth-order valence-corrected chi connectivity index (χ4v) is 5.07. The van der Waals surface area contributed by atoms with E-state index in [-0.39, 0.29) is 42.2 Å². The number of amides is 2. The molecule has 0 radical (unpaired) electrons. The van der Waals surface area contributed by atoms with Crippen LogP contribution in [0, 0.1) is 23.6 Å². The number of nitrogens with one attached hydrogen (secondary N) is 2. The lowest BCUT2D eigenvalue weighted by molar-refractivity contribution is -0.132. The van der Waals surface area contributed by atoms with Gasteiger partial charge >= 0.3 is 0 Å². The Hall–Kier alpha value is -2.11. The van der Waals surface area contributed by atoms with Crippen molar-refractivity contribution in [2.45, 2.75) is 50.6 Å². The summed E-state index contributed by atoms with van der Waals surface area (Å²) >= 11 is 0.